The molecule has 0 saturated heterocycles. The Morgan fingerprint density at radius 1 is 1.12 bits per heavy atom. The summed E-state index contributed by atoms with van der Waals surface area (Å²) in [5, 5.41) is 0.965. The van der Waals surface area contributed by atoms with E-state index in [1.165, 1.54) is 12.8 Å². The summed E-state index contributed by atoms with van der Waals surface area (Å²) in [4.78, 5) is 18.1. The van der Waals surface area contributed by atoms with Gasteiger partial charge >= 0.3 is 0 Å². The fourth-order valence-corrected chi connectivity index (χ4v) is 3.93. The first-order valence-electron chi connectivity index (χ1n) is 8.43. The maximum atomic E-state index is 13.3. The van der Waals surface area contributed by atoms with Crippen molar-refractivity contribution in [2.75, 3.05) is 0 Å². The maximum absolute atomic E-state index is 13.3. The SMILES string of the molecule is Cc1cccc(-n2c(C3CCCC3)nc3cccc(Cl)c3c2=O)c1. The van der Waals surface area contributed by atoms with Crippen molar-refractivity contribution in [2.24, 2.45) is 0 Å². The molecule has 24 heavy (non-hydrogen) atoms. The number of nitrogens with zero attached hydrogens (tertiary/aromatic N) is 2. The van der Waals surface area contributed by atoms with E-state index < -0.39 is 0 Å². The Kier molecular flexibility index (Phi) is 3.89. The van der Waals surface area contributed by atoms with E-state index >= 15 is 0 Å². The predicted octanol–water partition coefficient (Wildman–Crippen LogP) is 5.01. The zero-order chi connectivity index (χ0) is 16.7. The normalized spacial score (nSPS) is 15.2. The zero-order valence-corrected chi connectivity index (χ0v) is 14.4. The highest BCUT2D eigenvalue weighted by Gasteiger charge is 2.24. The van der Waals surface area contributed by atoms with Crippen LogP contribution in [0, 0.1) is 6.92 Å². The third-order valence-corrected chi connectivity index (χ3v) is 5.17. The molecule has 0 unspecified atom stereocenters. The van der Waals surface area contributed by atoms with Crippen LogP contribution >= 0.6 is 11.6 Å². The molecule has 0 amide bonds. The number of aryl methyl sites for hydroxylation is 1. The van der Waals surface area contributed by atoms with Crippen LogP contribution in [-0.2, 0) is 0 Å². The molecule has 0 bridgehead atoms. The van der Waals surface area contributed by atoms with Crippen LogP contribution in [-0.4, -0.2) is 9.55 Å². The largest absolute Gasteiger partial charge is 0.268 e. The third-order valence-electron chi connectivity index (χ3n) is 4.85. The molecule has 1 aliphatic carbocycles. The molecule has 0 N–H and O–H groups in total. The summed E-state index contributed by atoms with van der Waals surface area (Å²) in [7, 11) is 0. The number of fused-ring (bicyclic) bond motifs is 1. The van der Waals surface area contributed by atoms with Crippen LogP contribution in [0.1, 0.15) is 43.0 Å². The molecule has 2 aromatic carbocycles. The lowest BCUT2D eigenvalue weighted by Crippen LogP contribution is -2.25. The van der Waals surface area contributed by atoms with Gasteiger partial charge in [0.05, 0.1) is 21.6 Å². The van der Waals surface area contributed by atoms with Crippen molar-refractivity contribution in [1.29, 1.82) is 0 Å². The van der Waals surface area contributed by atoms with Gasteiger partial charge in [0.1, 0.15) is 5.82 Å². The minimum Gasteiger partial charge on any atom is -0.268 e. The van der Waals surface area contributed by atoms with Gasteiger partial charge in [0.15, 0.2) is 0 Å². The number of benzene rings is 2. The van der Waals surface area contributed by atoms with E-state index in [0.717, 1.165) is 29.9 Å². The molecule has 3 nitrogen and oxygen atoms in total. The van der Waals surface area contributed by atoms with Gasteiger partial charge in [-0.1, -0.05) is 42.6 Å². The Labute approximate surface area is 145 Å². The van der Waals surface area contributed by atoms with Gasteiger partial charge in [-0.3, -0.25) is 9.36 Å². The molecule has 0 spiro atoms. The summed E-state index contributed by atoms with van der Waals surface area (Å²) < 4.78 is 1.78. The van der Waals surface area contributed by atoms with Crippen LogP contribution in [0.3, 0.4) is 0 Å². The van der Waals surface area contributed by atoms with Crippen molar-refractivity contribution >= 4 is 22.5 Å². The first-order chi connectivity index (χ1) is 11.6. The average Bonchev–Trinajstić information content (AvgIpc) is 3.09. The molecule has 1 fully saturated rings. The summed E-state index contributed by atoms with van der Waals surface area (Å²) in [5.41, 5.74) is 2.61. The highest BCUT2D eigenvalue weighted by Crippen LogP contribution is 2.34. The van der Waals surface area contributed by atoms with Crippen LogP contribution < -0.4 is 5.56 Å². The van der Waals surface area contributed by atoms with Crippen LogP contribution in [0.5, 0.6) is 0 Å². The van der Waals surface area contributed by atoms with Gasteiger partial charge in [-0.25, -0.2) is 4.98 Å². The molecule has 1 saturated carbocycles. The van der Waals surface area contributed by atoms with E-state index in [-0.39, 0.29) is 5.56 Å². The predicted molar refractivity (Wildman–Crippen MR) is 98.3 cm³/mol. The van der Waals surface area contributed by atoms with Crippen molar-refractivity contribution in [1.82, 2.24) is 9.55 Å². The number of rotatable bonds is 2. The monoisotopic (exact) mass is 338 g/mol. The molecule has 0 atom stereocenters. The van der Waals surface area contributed by atoms with Gasteiger partial charge in [-0.15, -0.1) is 0 Å². The van der Waals surface area contributed by atoms with Crippen LogP contribution in [0.2, 0.25) is 5.02 Å². The second-order valence-electron chi connectivity index (χ2n) is 6.56. The van der Waals surface area contributed by atoms with E-state index in [9.17, 15) is 4.79 Å². The van der Waals surface area contributed by atoms with Crippen molar-refractivity contribution in [3.05, 3.63) is 69.2 Å². The molecule has 1 aromatic heterocycles. The average molecular weight is 339 g/mol. The summed E-state index contributed by atoms with van der Waals surface area (Å²) >= 11 is 6.31. The first-order valence-corrected chi connectivity index (χ1v) is 8.81. The van der Waals surface area contributed by atoms with E-state index in [1.807, 2.05) is 43.3 Å². The number of hydrogen-bond donors (Lipinski definition) is 0. The Bertz CT molecular complexity index is 971. The van der Waals surface area contributed by atoms with Crippen molar-refractivity contribution in [2.45, 2.75) is 38.5 Å². The lowest BCUT2D eigenvalue weighted by atomic mass is 10.1. The molecule has 1 aliphatic rings. The lowest BCUT2D eigenvalue weighted by molar-refractivity contribution is 0.639. The summed E-state index contributed by atoms with van der Waals surface area (Å²) in [5.74, 6) is 1.21. The molecule has 0 radical (unpaired) electrons. The van der Waals surface area contributed by atoms with Gasteiger partial charge in [-0.2, -0.15) is 0 Å². The van der Waals surface area contributed by atoms with Gasteiger partial charge in [-0.05, 0) is 49.6 Å². The van der Waals surface area contributed by atoms with E-state index in [4.69, 9.17) is 16.6 Å². The van der Waals surface area contributed by atoms with Crippen molar-refractivity contribution in [3.8, 4) is 5.69 Å². The summed E-state index contributed by atoms with van der Waals surface area (Å²) in [6.07, 6.45) is 4.57. The quantitative estimate of drug-likeness (QED) is 0.658. The number of hydrogen-bond acceptors (Lipinski definition) is 2. The van der Waals surface area contributed by atoms with Gasteiger partial charge < -0.3 is 0 Å². The maximum Gasteiger partial charge on any atom is 0.267 e. The molecule has 0 aliphatic heterocycles. The lowest BCUT2D eigenvalue weighted by Gasteiger charge is -2.18. The topological polar surface area (TPSA) is 34.9 Å². The Morgan fingerprint density at radius 2 is 1.88 bits per heavy atom. The van der Waals surface area contributed by atoms with E-state index in [0.29, 0.717) is 21.8 Å². The van der Waals surface area contributed by atoms with Gasteiger partial charge in [0, 0.05) is 5.92 Å². The standard InChI is InChI=1S/C20H19ClN2O/c1-13-6-4-9-15(12-13)23-19(14-7-2-3-8-14)22-17-11-5-10-16(21)18(17)20(23)24/h4-6,9-12,14H,2-3,7-8H2,1H3. The smallest absolute Gasteiger partial charge is 0.267 e. The molecule has 4 rings (SSSR count). The Hall–Kier alpha value is -2.13. The molecule has 3 aromatic rings. The molecule has 1 heterocycles. The van der Waals surface area contributed by atoms with Gasteiger partial charge in [0.25, 0.3) is 5.56 Å². The highest BCUT2D eigenvalue weighted by molar-refractivity contribution is 6.35. The second kappa shape index (κ2) is 6.06. The number of aromatic nitrogens is 2. The van der Waals surface area contributed by atoms with Gasteiger partial charge in [0.2, 0.25) is 0 Å². The van der Waals surface area contributed by atoms with Crippen molar-refractivity contribution < 1.29 is 0 Å². The first kappa shape index (κ1) is 15.4. The molecular formula is C20H19ClN2O. The Morgan fingerprint density at radius 3 is 2.62 bits per heavy atom. The second-order valence-corrected chi connectivity index (χ2v) is 6.97. The Balaban J connectivity index is 2.08. The van der Waals surface area contributed by atoms with Crippen LogP contribution in [0.15, 0.2) is 47.3 Å². The van der Waals surface area contributed by atoms with E-state index in [1.54, 1.807) is 10.6 Å². The fraction of sp³-hybridized carbons (Fsp3) is 0.300. The zero-order valence-electron chi connectivity index (χ0n) is 13.6. The third kappa shape index (κ3) is 2.53. The molecule has 4 heteroatoms. The van der Waals surface area contributed by atoms with E-state index in [2.05, 4.69) is 0 Å². The molecule has 122 valence electrons. The fourth-order valence-electron chi connectivity index (χ4n) is 3.68. The van der Waals surface area contributed by atoms with Crippen LogP contribution in [0.25, 0.3) is 16.6 Å². The highest BCUT2D eigenvalue weighted by atomic mass is 35.5. The van der Waals surface area contributed by atoms with Crippen LogP contribution in [0.4, 0.5) is 0 Å². The minimum absolute atomic E-state index is 0.0712. The van der Waals surface area contributed by atoms with Crippen molar-refractivity contribution in [3.63, 3.8) is 0 Å². The molecular weight excluding hydrogens is 320 g/mol. The summed E-state index contributed by atoms with van der Waals surface area (Å²) in [6.45, 7) is 2.03. The minimum atomic E-state index is -0.0712. The summed E-state index contributed by atoms with van der Waals surface area (Å²) in [6, 6.07) is 13.5. The number of halogens is 1.